The van der Waals surface area contributed by atoms with E-state index in [4.69, 9.17) is 5.11 Å². The second-order valence-electron chi connectivity index (χ2n) is 4.15. The lowest BCUT2D eigenvalue weighted by Gasteiger charge is -2.07. The van der Waals surface area contributed by atoms with Gasteiger partial charge in [-0.1, -0.05) is 11.8 Å². The zero-order chi connectivity index (χ0) is 15.1. The van der Waals surface area contributed by atoms with Crippen LogP contribution in [0.15, 0.2) is 47.6 Å². The number of hydrogen-bond acceptors (Lipinski definition) is 4. The van der Waals surface area contributed by atoms with E-state index >= 15 is 0 Å². The number of aromatic nitrogens is 2. The highest BCUT2D eigenvalue weighted by Gasteiger charge is 2.12. The second-order valence-corrected chi connectivity index (χ2v) is 5.92. The molecule has 110 valence electrons. The Morgan fingerprint density at radius 2 is 2.05 bits per heavy atom. The first-order valence-electron chi connectivity index (χ1n) is 6.29. The van der Waals surface area contributed by atoms with Crippen LogP contribution in [0.25, 0.3) is 0 Å². The molecule has 1 aromatic heterocycles. The summed E-state index contributed by atoms with van der Waals surface area (Å²) in [6.07, 6.45) is 3.41. The van der Waals surface area contributed by atoms with Crippen LogP contribution in [0.3, 0.4) is 0 Å². The lowest BCUT2D eigenvalue weighted by molar-refractivity contribution is 0.350. The van der Waals surface area contributed by atoms with E-state index in [1.807, 2.05) is 0 Å². The quantitative estimate of drug-likeness (QED) is 0.773. The smallest absolute Gasteiger partial charge is 0.240 e. The lowest BCUT2D eigenvalue weighted by atomic mass is 10.2. The fourth-order valence-corrected chi connectivity index (χ4v) is 2.69. The average molecular weight is 305 g/mol. The molecule has 0 amide bonds. The first-order chi connectivity index (χ1) is 10.1. The zero-order valence-corrected chi connectivity index (χ0v) is 12.0. The van der Waals surface area contributed by atoms with Crippen LogP contribution < -0.4 is 4.72 Å². The van der Waals surface area contributed by atoms with Crippen LogP contribution >= 0.6 is 0 Å². The molecule has 0 spiro atoms. The number of aliphatic hydroxyl groups is 1. The fraction of sp³-hybridized carbons (Fsp3) is 0.214. The molecule has 0 bridgehead atoms. The van der Waals surface area contributed by atoms with Gasteiger partial charge in [0.05, 0.1) is 11.4 Å². The minimum absolute atomic E-state index is 0.178. The number of hydrogen-bond donors (Lipinski definition) is 2. The van der Waals surface area contributed by atoms with Gasteiger partial charge in [-0.2, -0.15) is 5.10 Å². The Morgan fingerprint density at radius 3 is 2.67 bits per heavy atom. The van der Waals surface area contributed by atoms with Gasteiger partial charge in [-0.15, -0.1) is 0 Å². The van der Waals surface area contributed by atoms with Crippen molar-refractivity contribution in [2.75, 3.05) is 13.2 Å². The minimum Gasteiger partial charge on any atom is -0.384 e. The van der Waals surface area contributed by atoms with E-state index in [9.17, 15) is 8.42 Å². The Hall–Kier alpha value is -2.14. The maximum absolute atomic E-state index is 12.1. The van der Waals surface area contributed by atoms with Crippen molar-refractivity contribution in [2.24, 2.45) is 0 Å². The van der Waals surface area contributed by atoms with Crippen LogP contribution in [0.2, 0.25) is 0 Å². The molecule has 6 nitrogen and oxygen atoms in total. The zero-order valence-electron chi connectivity index (χ0n) is 11.2. The third kappa shape index (κ3) is 4.43. The Morgan fingerprint density at radius 1 is 1.29 bits per heavy atom. The van der Waals surface area contributed by atoms with E-state index in [0.29, 0.717) is 12.1 Å². The normalized spacial score (nSPS) is 10.9. The third-order valence-corrected chi connectivity index (χ3v) is 4.15. The van der Waals surface area contributed by atoms with Crippen LogP contribution in [0, 0.1) is 11.8 Å². The molecular weight excluding hydrogens is 290 g/mol. The molecule has 2 aromatic rings. The topological polar surface area (TPSA) is 84.2 Å². The van der Waals surface area contributed by atoms with Crippen molar-refractivity contribution in [3.8, 4) is 11.8 Å². The molecule has 0 aliphatic heterocycles. The third-order valence-electron chi connectivity index (χ3n) is 2.67. The molecule has 1 aromatic carbocycles. The van der Waals surface area contributed by atoms with E-state index in [1.165, 1.54) is 12.1 Å². The van der Waals surface area contributed by atoms with Crippen LogP contribution in [-0.2, 0) is 16.6 Å². The summed E-state index contributed by atoms with van der Waals surface area (Å²) in [5.74, 6) is 5.21. The summed E-state index contributed by atoms with van der Waals surface area (Å²) in [6, 6.07) is 7.95. The fourth-order valence-electron chi connectivity index (χ4n) is 1.67. The van der Waals surface area contributed by atoms with Crippen LogP contribution in [-0.4, -0.2) is 36.5 Å². The SMILES string of the molecule is O=S(=O)(NCCn1cccn1)c1ccc(C#CCO)cc1. The molecule has 0 aliphatic carbocycles. The Balaban J connectivity index is 1.98. The van der Waals surface area contributed by atoms with Crippen molar-refractivity contribution in [1.29, 1.82) is 0 Å². The summed E-state index contributed by atoms with van der Waals surface area (Å²) in [6.45, 7) is 0.497. The highest BCUT2D eigenvalue weighted by Crippen LogP contribution is 2.09. The van der Waals surface area contributed by atoms with Crippen LogP contribution in [0.1, 0.15) is 5.56 Å². The van der Waals surface area contributed by atoms with Gasteiger partial charge in [0.2, 0.25) is 10.0 Å². The molecule has 2 N–H and O–H groups in total. The molecule has 0 radical (unpaired) electrons. The number of benzene rings is 1. The summed E-state index contributed by atoms with van der Waals surface area (Å²) in [7, 11) is -3.54. The monoisotopic (exact) mass is 305 g/mol. The van der Waals surface area contributed by atoms with Gasteiger partial charge in [0.25, 0.3) is 0 Å². The molecule has 0 unspecified atom stereocenters. The van der Waals surface area contributed by atoms with Crippen molar-refractivity contribution in [3.63, 3.8) is 0 Å². The van der Waals surface area contributed by atoms with Gasteiger partial charge in [-0.05, 0) is 30.3 Å². The summed E-state index contributed by atoms with van der Waals surface area (Å²) in [5.41, 5.74) is 0.652. The van der Waals surface area contributed by atoms with E-state index in [1.54, 1.807) is 35.3 Å². The molecular formula is C14H15N3O3S. The van der Waals surface area contributed by atoms with Gasteiger partial charge >= 0.3 is 0 Å². The summed E-state index contributed by atoms with van der Waals surface area (Å²) >= 11 is 0. The van der Waals surface area contributed by atoms with Gasteiger partial charge in [-0.3, -0.25) is 4.68 Å². The van der Waals surface area contributed by atoms with Gasteiger partial charge in [-0.25, -0.2) is 13.1 Å². The van der Waals surface area contributed by atoms with Crippen molar-refractivity contribution >= 4 is 10.0 Å². The Kier molecular flexibility index (Phi) is 5.11. The first kappa shape index (κ1) is 15.3. The summed E-state index contributed by atoms with van der Waals surface area (Å²) in [4.78, 5) is 0.178. The molecule has 7 heteroatoms. The van der Waals surface area contributed by atoms with Crippen molar-refractivity contribution in [1.82, 2.24) is 14.5 Å². The molecule has 21 heavy (non-hydrogen) atoms. The van der Waals surface area contributed by atoms with Gasteiger partial charge in [0.1, 0.15) is 6.61 Å². The lowest BCUT2D eigenvalue weighted by Crippen LogP contribution is -2.27. The molecule has 2 rings (SSSR count). The van der Waals surface area contributed by atoms with E-state index in [0.717, 1.165) is 0 Å². The van der Waals surface area contributed by atoms with Gasteiger partial charge in [0, 0.05) is 24.5 Å². The maximum Gasteiger partial charge on any atom is 0.240 e. The van der Waals surface area contributed by atoms with Crippen molar-refractivity contribution < 1.29 is 13.5 Å². The predicted octanol–water partition coefficient (Wildman–Crippen LogP) is 0.205. The van der Waals surface area contributed by atoms with E-state index in [-0.39, 0.29) is 18.0 Å². The maximum atomic E-state index is 12.1. The van der Waals surface area contributed by atoms with Crippen molar-refractivity contribution in [3.05, 3.63) is 48.3 Å². The predicted molar refractivity (Wildman–Crippen MR) is 77.8 cm³/mol. The number of sulfonamides is 1. The van der Waals surface area contributed by atoms with Gasteiger partial charge < -0.3 is 5.11 Å². The average Bonchev–Trinajstić information content (AvgIpc) is 2.98. The van der Waals surface area contributed by atoms with Gasteiger partial charge in [0.15, 0.2) is 0 Å². The highest BCUT2D eigenvalue weighted by molar-refractivity contribution is 7.89. The number of nitrogens with zero attached hydrogens (tertiary/aromatic N) is 2. The Labute approximate surface area is 123 Å². The Bertz CT molecular complexity index is 726. The largest absolute Gasteiger partial charge is 0.384 e. The van der Waals surface area contributed by atoms with E-state index in [2.05, 4.69) is 21.7 Å². The molecule has 0 aliphatic rings. The van der Waals surface area contributed by atoms with E-state index < -0.39 is 10.0 Å². The second kappa shape index (κ2) is 7.04. The molecule has 1 heterocycles. The summed E-state index contributed by atoms with van der Waals surface area (Å²) < 4.78 is 28.3. The molecule has 0 saturated carbocycles. The highest BCUT2D eigenvalue weighted by atomic mass is 32.2. The summed E-state index contributed by atoms with van der Waals surface area (Å²) in [5, 5.41) is 12.6. The van der Waals surface area contributed by atoms with Crippen LogP contribution in [0.4, 0.5) is 0 Å². The standard InChI is InChI=1S/C14H15N3O3S/c18-12-1-3-13-4-6-14(7-5-13)21(19,20)16-9-11-17-10-2-8-15-17/h2,4-8,10,16,18H,9,11-12H2. The number of rotatable bonds is 5. The first-order valence-corrected chi connectivity index (χ1v) is 7.77. The van der Waals surface area contributed by atoms with Crippen molar-refractivity contribution in [2.45, 2.75) is 11.4 Å². The molecule has 0 atom stereocenters. The minimum atomic E-state index is -3.54. The molecule has 0 saturated heterocycles. The molecule has 0 fully saturated rings. The number of nitrogens with one attached hydrogen (secondary N) is 1. The number of aliphatic hydroxyl groups excluding tert-OH is 1. The van der Waals surface area contributed by atoms with Crippen LogP contribution in [0.5, 0.6) is 0 Å².